The Morgan fingerprint density at radius 2 is 2.27 bits per heavy atom. The highest BCUT2D eigenvalue weighted by Crippen LogP contribution is 2.26. The molecule has 0 aliphatic rings. The molecule has 15 heavy (non-hydrogen) atoms. The predicted molar refractivity (Wildman–Crippen MR) is 60.9 cm³/mol. The molecule has 3 N–H and O–H groups in total. The van der Waals surface area contributed by atoms with Gasteiger partial charge in [-0.3, -0.25) is 0 Å². The minimum absolute atomic E-state index is 0.162. The Kier molecular flexibility index (Phi) is 4.27. The van der Waals surface area contributed by atoms with Crippen LogP contribution in [-0.2, 0) is 0 Å². The third-order valence-electron chi connectivity index (χ3n) is 1.72. The number of nitrogens with zero attached hydrogens (tertiary/aromatic N) is 2. The van der Waals surface area contributed by atoms with Gasteiger partial charge in [-0.05, 0) is 22.9 Å². The van der Waals surface area contributed by atoms with Crippen LogP contribution in [0.15, 0.2) is 10.8 Å². The molecular weight excluding hydrogens is 285 g/mol. The van der Waals surface area contributed by atoms with Crippen molar-refractivity contribution < 1.29 is 10.2 Å². The molecule has 0 bridgehead atoms. The van der Waals surface area contributed by atoms with Crippen molar-refractivity contribution >= 4 is 33.3 Å². The SMILES string of the molecule is CC(O)(CO)CNc1ncnc(Cl)c1Br. The van der Waals surface area contributed by atoms with E-state index >= 15 is 0 Å². The first-order valence-electron chi connectivity index (χ1n) is 4.19. The van der Waals surface area contributed by atoms with E-state index in [1.165, 1.54) is 13.3 Å². The van der Waals surface area contributed by atoms with E-state index in [9.17, 15) is 5.11 Å². The van der Waals surface area contributed by atoms with E-state index in [1.807, 2.05) is 0 Å². The molecule has 0 aliphatic heterocycles. The summed E-state index contributed by atoms with van der Waals surface area (Å²) in [5.41, 5.74) is -1.20. The number of aromatic nitrogens is 2. The monoisotopic (exact) mass is 295 g/mol. The van der Waals surface area contributed by atoms with Crippen molar-refractivity contribution in [1.29, 1.82) is 0 Å². The molecule has 0 aliphatic carbocycles. The van der Waals surface area contributed by atoms with Crippen molar-refractivity contribution in [2.45, 2.75) is 12.5 Å². The van der Waals surface area contributed by atoms with Crippen LogP contribution >= 0.6 is 27.5 Å². The zero-order valence-corrected chi connectivity index (χ0v) is 10.4. The summed E-state index contributed by atoms with van der Waals surface area (Å²) in [5.74, 6) is 0.476. The van der Waals surface area contributed by atoms with Crippen LogP contribution in [0.5, 0.6) is 0 Å². The second kappa shape index (κ2) is 5.07. The quantitative estimate of drug-likeness (QED) is 0.724. The van der Waals surface area contributed by atoms with Crippen molar-refractivity contribution in [3.05, 3.63) is 16.0 Å². The number of halogens is 2. The molecule has 1 heterocycles. The summed E-state index contributed by atoms with van der Waals surface area (Å²) in [7, 11) is 0. The van der Waals surface area contributed by atoms with Crippen LogP contribution in [0.2, 0.25) is 5.15 Å². The molecule has 0 spiro atoms. The first-order chi connectivity index (χ1) is 6.96. The number of nitrogens with one attached hydrogen (secondary N) is 1. The fourth-order valence-electron chi connectivity index (χ4n) is 0.802. The van der Waals surface area contributed by atoms with Crippen LogP contribution in [0.3, 0.4) is 0 Å². The molecule has 1 atom stereocenters. The molecule has 0 radical (unpaired) electrons. The van der Waals surface area contributed by atoms with Crippen LogP contribution in [-0.4, -0.2) is 38.9 Å². The molecule has 0 aromatic carbocycles. The topological polar surface area (TPSA) is 78.3 Å². The number of aliphatic hydroxyl groups excluding tert-OH is 1. The summed E-state index contributed by atoms with van der Waals surface area (Å²) in [6, 6.07) is 0. The molecule has 84 valence electrons. The Labute approximate surface area is 101 Å². The van der Waals surface area contributed by atoms with E-state index in [2.05, 4.69) is 31.2 Å². The Balaban J connectivity index is 2.70. The van der Waals surface area contributed by atoms with Gasteiger partial charge < -0.3 is 15.5 Å². The third-order valence-corrected chi connectivity index (χ3v) is 2.99. The van der Waals surface area contributed by atoms with Crippen LogP contribution in [0.4, 0.5) is 5.82 Å². The van der Waals surface area contributed by atoms with E-state index < -0.39 is 5.60 Å². The molecule has 1 rings (SSSR count). The van der Waals surface area contributed by atoms with E-state index in [0.29, 0.717) is 10.3 Å². The first kappa shape index (κ1) is 12.6. The van der Waals surface area contributed by atoms with E-state index in [-0.39, 0.29) is 18.3 Å². The number of rotatable bonds is 4. The molecule has 0 fully saturated rings. The smallest absolute Gasteiger partial charge is 0.148 e. The van der Waals surface area contributed by atoms with Gasteiger partial charge >= 0.3 is 0 Å². The zero-order chi connectivity index (χ0) is 11.5. The zero-order valence-electron chi connectivity index (χ0n) is 8.04. The molecule has 0 saturated carbocycles. The van der Waals surface area contributed by atoms with Crippen LogP contribution in [0, 0.1) is 0 Å². The lowest BCUT2D eigenvalue weighted by molar-refractivity contribution is 0.0131. The highest BCUT2D eigenvalue weighted by Gasteiger charge is 2.19. The third kappa shape index (κ3) is 3.57. The number of hydrogen-bond acceptors (Lipinski definition) is 5. The standard InChI is InChI=1S/C8H11BrClN3O2/c1-8(15,3-14)2-11-7-5(9)6(10)12-4-13-7/h4,14-15H,2-3H2,1H3,(H,11,12,13). The van der Waals surface area contributed by atoms with Crippen LogP contribution in [0.1, 0.15) is 6.92 Å². The second-order valence-electron chi connectivity index (χ2n) is 3.34. The Morgan fingerprint density at radius 1 is 1.60 bits per heavy atom. The van der Waals surface area contributed by atoms with Gasteiger partial charge in [0.2, 0.25) is 0 Å². The number of aliphatic hydroxyl groups is 2. The van der Waals surface area contributed by atoms with E-state index in [1.54, 1.807) is 0 Å². The Hall–Kier alpha value is -0.430. The summed E-state index contributed by atoms with van der Waals surface area (Å²) < 4.78 is 0.528. The van der Waals surface area contributed by atoms with Gasteiger partial charge in [-0.15, -0.1) is 0 Å². The van der Waals surface area contributed by atoms with Crippen molar-refractivity contribution in [2.24, 2.45) is 0 Å². The highest BCUT2D eigenvalue weighted by atomic mass is 79.9. The minimum atomic E-state index is -1.20. The van der Waals surface area contributed by atoms with Crippen LogP contribution < -0.4 is 5.32 Å². The summed E-state index contributed by atoms with van der Waals surface area (Å²) >= 11 is 8.95. The average molecular weight is 297 g/mol. The lowest BCUT2D eigenvalue weighted by Crippen LogP contribution is -2.37. The van der Waals surface area contributed by atoms with Gasteiger partial charge in [0.15, 0.2) is 0 Å². The fourth-order valence-corrected chi connectivity index (χ4v) is 1.28. The lowest BCUT2D eigenvalue weighted by atomic mass is 10.1. The van der Waals surface area contributed by atoms with Gasteiger partial charge in [0.25, 0.3) is 0 Å². The predicted octanol–water partition coefficient (Wildman–Crippen LogP) is 1.05. The second-order valence-corrected chi connectivity index (χ2v) is 4.49. The first-order valence-corrected chi connectivity index (χ1v) is 5.36. The Bertz CT molecular complexity index is 349. The average Bonchev–Trinajstić information content (AvgIpc) is 2.20. The molecule has 0 saturated heterocycles. The van der Waals surface area contributed by atoms with Gasteiger partial charge in [0.05, 0.1) is 11.1 Å². The summed E-state index contributed by atoms with van der Waals surface area (Å²) in [6.45, 7) is 1.34. The summed E-state index contributed by atoms with van der Waals surface area (Å²) in [6.07, 6.45) is 1.31. The van der Waals surface area contributed by atoms with Crippen LogP contribution in [0.25, 0.3) is 0 Å². The molecule has 1 aromatic heterocycles. The van der Waals surface area contributed by atoms with Gasteiger partial charge in [0.1, 0.15) is 22.9 Å². The number of anilines is 1. The molecule has 7 heteroatoms. The number of hydrogen-bond donors (Lipinski definition) is 3. The normalized spacial score (nSPS) is 14.7. The summed E-state index contributed by atoms with van der Waals surface area (Å²) in [5, 5.41) is 21.5. The molecule has 0 amide bonds. The minimum Gasteiger partial charge on any atom is -0.393 e. The van der Waals surface area contributed by atoms with Crippen molar-refractivity contribution in [1.82, 2.24) is 9.97 Å². The van der Waals surface area contributed by atoms with Gasteiger partial charge in [-0.2, -0.15) is 0 Å². The van der Waals surface area contributed by atoms with Crippen molar-refractivity contribution in [2.75, 3.05) is 18.5 Å². The molecular formula is C8H11BrClN3O2. The maximum Gasteiger partial charge on any atom is 0.148 e. The molecule has 1 unspecified atom stereocenters. The molecule has 5 nitrogen and oxygen atoms in total. The maximum atomic E-state index is 9.54. The molecule has 1 aromatic rings. The maximum absolute atomic E-state index is 9.54. The van der Waals surface area contributed by atoms with E-state index in [4.69, 9.17) is 16.7 Å². The highest BCUT2D eigenvalue weighted by molar-refractivity contribution is 9.10. The fraction of sp³-hybridized carbons (Fsp3) is 0.500. The van der Waals surface area contributed by atoms with Gasteiger partial charge in [0, 0.05) is 6.54 Å². The van der Waals surface area contributed by atoms with Gasteiger partial charge in [-0.1, -0.05) is 11.6 Å². The lowest BCUT2D eigenvalue weighted by Gasteiger charge is -2.21. The van der Waals surface area contributed by atoms with Crippen molar-refractivity contribution in [3.8, 4) is 0 Å². The largest absolute Gasteiger partial charge is 0.393 e. The summed E-state index contributed by atoms with van der Waals surface area (Å²) in [4.78, 5) is 7.69. The van der Waals surface area contributed by atoms with Crippen molar-refractivity contribution in [3.63, 3.8) is 0 Å². The van der Waals surface area contributed by atoms with E-state index in [0.717, 1.165) is 0 Å². The van der Waals surface area contributed by atoms with Gasteiger partial charge in [-0.25, -0.2) is 9.97 Å². The Morgan fingerprint density at radius 3 is 2.87 bits per heavy atom.